The summed E-state index contributed by atoms with van der Waals surface area (Å²) >= 11 is 0. The third-order valence-electron chi connectivity index (χ3n) is 0.814. The zero-order valence-electron chi connectivity index (χ0n) is 5.09. The van der Waals surface area contributed by atoms with Gasteiger partial charge in [-0.05, 0) is 0 Å². The van der Waals surface area contributed by atoms with Gasteiger partial charge in [-0.3, -0.25) is 0 Å². The van der Waals surface area contributed by atoms with Crippen molar-refractivity contribution in [2.75, 3.05) is 0 Å². The Kier molecular flexibility index (Phi) is 1.57. The van der Waals surface area contributed by atoms with Crippen LogP contribution in [0.4, 0.5) is 4.39 Å². The highest BCUT2D eigenvalue weighted by Crippen LogP contribution is 2.23. The van der Waals surface area contributed by atoms with Gasteiger partial charge in [0.2, 0.25) is 0 Å². The number of rotatable bonds is 0. The van der Waals surface area contributed by atoms with E-state index >= 15 is 0 Å². The van der Waals surface area contributed by atoms with E-state index in [1.165, 1.54) is 0 Å². The van der Waals surface area contributed by atoms with Crippen LogP contribution in [0.3, 0.4) is 0 Å². The molecule has 0 amide bonds. The van der Waals surface area contributed by atoms with Crippen LogP contribution >= 0.6 is 0 Å². The Hall–Kier alpha value is -0.330. The molecule has 42 valence electrons. The highest BCUT2D eigenvalue weighted by atomic mass is 19.1. The molecule has 0 spiro atoms. The van der Waals surface area contributed by atoms with E-state index < -0.39 is 0 Å². The van der Waals surface area contributed by atoms with Crippen LogP contribution in [0.1, 0.15) is 20.8 Å². The summed E-state index contributed by atoms with van der Waals surface area (Å²) in [5.74, 6) is -0.257. The summed E-state index contributed by atoms with van der Waals surface area (Å²) in [6.45, 7) is 8.52. The Bertz CT molecular complexity index is 76.7. The van der Waals surface area contributed by atoms with Crippen LogP contribution in [0, 0.1) is 5.41 Å². The minimum Gasteiger partial charge on any atom is -0.212 e. The van der Waals surface area contributed by atoms with E-state index in [2.05, 4.69) is 6.58 Å². The summed E-state index contributed by atoms with van der Waals surface area (Å²) in [6, 6.07) is 0. The van der Waals surface area contributed by atoms with Crippen molar-refractivity contribution >= 4 is 0 Å². The lowest BCUT2D eigenvalue weighted by molar-refractivity contribution is 0.386. The topological polar surface area (TPSA) is 0 Å². The van der Waals surface area contributed by atoms with Gasteiger partial charge in [0.15, 0.2) is 0 Å². The average molecular weight is 102 g/mol. The third-order valence-corrected chi connectivity index (χ3v) is 0.814. The van der Waals surface area contributed by atoms with E-state index in [0.717, 1.165) is 0 Å². The number of allylic oxidation sites excluding steroid dienone is 1. The van der Waals surface area contributed by atoms with Gasteiger partial charge in [0.1, 0.15) is 0 Å². The minimum atomic E-state index is -0.361. The average Bonchev–Trinajstić information content (AvgIpc) is 1.31. The van der Waals surface area contributed by atoms with Gasteiger partial charge in [-0.15, -0.1) is 0 Å². The van der Waals surface area contributed by atoms with Crippen LogP contribution in [-0.2, 0) is 0 Å². The molecule has 7 heavy (non-hydrogen) atoms. The molecule has 0 aliphatic rings. The Morgan fingerprint density at radius 2 is 1.57 bits per heavy atom. The fraction of sp³-hybridized carbons (Fsp3) is 0.667. The van der Waals surface area contributed by atoms with E-state index in [1.807, 2.05) is 0 Å². The Morgan fingerprint density at radius 3 is 1.57 bits per heavy atom. The van der Waals surface area contributed by atoms with E-state index in [9.17, 15) is 4.39 Å². The van der Waals surface area contributed by atoms with E-state index in [1.54, 1.807) is 20.8 Å². The molecule has 1 heteroatoms. The highest BCUT2D eigenvalue weighted by molar-refractivity contribution is 4.93. The molecule has 0 fully saturated rings. The predicted molar refractivity (Wildman–Crippen MR) is 29.7 cm³/mol. The third kappa shape index (κ3) is 2.38. The lowest BCUT2D eigenvalue weighted by Crippen LogP contribution is -2.03. The molecule has 0 nitrogen and oxygen atoms in total. The zero-order valence-corrected chi connectivity index (χ0v) is 5.09. The molecule has 0 aliphatic carbocycles. The van der Waals surface area contributed by atoms with Crippen LogP contribution in [0.2, 0.25) is 0 Å². The molecular formula is C6H11F. The molecule has 0 saturated heterocycles. The van der Waals surface area contributed by atoms with Crippen LogP contribution in [0.5, 0.6) is 0 Å². The van der Waals surface area contributed by atoms with Crippen molar-refractivity contribution in [2.45, 2.75) is 20.8 Å². The van der Waals surface area contributed by atoms with E-state index in [-0.39, 0.29) is 11.2 Å². The van der Waals surface area contributed by atoms with E-state index in [0.29, 0.717) is 0 Å². The highest BCUT2D eigenvalue weighted by Gasteiger charge is 2.13. The van der Waals surface area contributed by atoms with Gasteiger partial charge in [-0.1, -0.05) is 27.4 Å². The molecule has 0 unspecified atom stereocenters. The second-order valence-corrected chi connectivity index (χ2v) is 2.65. The van der Waals surface area contributed by atoms with Gasteiger partial charge in [0, 0.05) is 5.41 Å². The zero-order chi connectivity index (χ0) is 6.08. The SMILES string of the molecule is C=C(F)C(C)(C)C. The minimum absolute atomic E-state index is 0.257. The van der Waals surface area contributed by atoms with Gasteiger partial charge < -0.3 is 0 Å². The molecule has 0 N–H and O–H groups in total. The molecule has 0 radical (unpaired) electrons. The monoisotopic (exact) mass is 102 g/mol. The number of hydrogen-bond acceptors (Lipinski definition) is 0. The van der Waals surface area contributed by atoms with Gasteiger partial charge in [0.05, 0.1) is 5.83 Å². The molecule has 0 bridgehead atoms. The Morgan fingerprint density at radius 1 is 1.43 bits per heavy atom. The maximum atomic E-state index is 12.0. The fourth-order valence-electron chi connectivity index (χ4n) is 0. The molecule has 0 aromatic carbocycles. The molecule has 0 aliphatic heterocycles. The van der Waals surface area contributed by atoms with Crippen molar-refractivity contribution in [3.63, 3.8) is 0 Å². The summed E-state index contributed by atoms with van der Waals surface area (Å²) in [5.41, 5.74) is -0.361. The van der Waals surface area contributed by atoms with Gasteiger partial charge in [0.25, 0.3) is 0 Å². The molecule has 0 aromatic rings. The Labute approximate surface area is 44.0 Å². The lowest BCUT2D eigenvalue weighted by atomic mass is 9.96. The van der Waals surface area contributed by atoms with Crippen LogP contribution in [0.15, 0.2) is 12.4 Å². The molecular weight excluding hydrogens is 91.1 g/mol. The van der Waals surface area contributed by atoms with Gasteiger partial charge in [-0.25, -0.2) is 4.39 Å². The largest absolute Gasteiger partial charge is 0.212 e. The first kappa shape index (κ1) is 6.67. The Balaban J connectivity index is 3.79. The number of halogens is 1. The van der Waals surface area contributed by atoms with Crippen LogP contribution in [-0.4, -0.2) is 0 Å². The van der Waals surface area contributed by atoms with Crippen molar-refractivity contribution in [3.8, 4) is 0 Å². The summed E-state index contributed by atoms with van der Waals surface area (Å²) in [5, 5.41) is 0. The van der Waals surface area contributed by atoms with Gasteiger partial charge >= 0.3 is 0 Å². The van der Waals surface area contributed by atoms with Crippen molar-refractivity contribution in [1.82, 2.24) is 0 Å². The van der Waals surface area contributed by atoms with Crippen molar-refractivity contribution < 1.29 is 4.39 Å². The predicted octanol–water partition coefficient (Wildman–Crippen LogP) is 2.52. The lowest BCUT2D eigenvalue weighted by Gasteiger charge is -2.12. The van der Waals surface area contributed by atoms with Crippen molar-refractivity contribution in [2.24, 2.45) is 5.41 Å². The first-order chi connectivity index (χ1) is 2.94. The van der Waals surface area contributed by atoms with E-state index in [4.69, 9.17) is 0 Å². The second-order valence-electron chi connectivity index (χ2n) is 2.65. The molecule has 0 atom stereocenters. The summed E-state index contributed by atoms with van der Waals surface area (Å²) in [6.07, 6.45) is 0. The maximum Gasteiger partial charge on any atom is 0.0981 e. The second kappa shape index (κ2) is 1.65. The molecule has 0 saturated carbocycles. The standard InChI is InChI=1S/C6H11F/c1-5(7)6(2,3)4/h1H2,2-4H3. The van der Waals surface area contributed by atoms with Crippen LogP contribution in [0.25, 0.3) is 0 Å². The summed E-state index contributed by atoms with van der Waals surface area (Å²) < 4.78 is 12.0. The maximum absolute atomic E-state index is 12.0. The fourth-order valence-corrected chi connectivity index (χ4v) is 0. The summed E-state index contributed by atoms with van der Waals surface area (Å²) in [7, 11) is 0. The van der Waals surface area contributed by atoms with Crippen molar-refractivity contribution in [1.29, 1.82) is 0 Å². The molecule has 0 aromatic heterocycles. The quantitative estimate of drug-likeness (QED) is 0.441. The molecule has 0 heterocycles. The first-order valence-electron chi connectivity index (χ1n) is 2.29. The first-order valence-corrected chi connectivity index (χ1v) is 2.29. The van der Waals surface area contributed by atoms with Gasteiger partial charge in [-0.2, -0.15) is 0 Å². The summed E-state index contributed by atoms with van der Waals surface area (Å²) in [4.78, 5) is 0. The number of hydrogen-bond donors (Lipinski definition) is 0. The molecule has 0 rings (SSSR count). The van der Waals surface area contributed by atoms with Crippen molar-refractivity contribution in [3.05, 3.63) is 12.4 Å². The normalized spacial score (nSPS) is 11.4. The smallest absolute Gasteiger partial charge is 0.0981 e. The van der Waals surface area contributed by atoms with Crippen LogP contribution < -0.4 is 0 Å².